The summed E-state index contributed by atoms with van der Waals surface area (Å²) in [6, 6.07) is 6.51. The van der Waals surface area contributed by atoms with Crippen molar-refractivity contribution >= 4 is 10.9 Å². The molecular formula is C15H20N2O. The van der Waals surface area contributed by atoms with Gasteiger partial charge in [-0.15, -0.1) is 0 Å². The van der Waals surface area contributed by atoms with Gasteiger partial charge < -0.3 is 15.0 Å². The van der Waals surface area contributed by atoms with E-state index in [9.17, 15) is 0 Å². The third-order valence-electron chi connectivity index (χ3n) is 4.06. The van der Waals surface area contributed by atoms with Crippen LogP contribution in [0.1, 0.15) is 31.0 Å². The van der Waals surface area contributed by atoms with E-state index in [0.717, 1.165) is 24.2 Å². The van der Waals surface area contributed by atoms with Crippen molar-refractivity contribution in [3.63, 3.8) is 0 Å². The number of ether oxygens (including phenoxy) is 1. The van der Waals surface area contributed by atoms with Gasteiger partial charge in [-0.2, -0.15) is 0 Å². The number of hydrogen-bond donors (Lipinski definition) is 2. The number of hydrogen-bond acceptors (Lipinski definition) is 2. The molecule has 3 nitrogen and oxygen atoms in total. The number of methoxy groups -OCH3 is 1. The molecule has 96 valence electrons. The minimum absolute atomic E-state index is 0.0463. The summed E-state index contributed by atoms with van der Waals surface area (Å²) in [6.07, 6.45) is 2.39. The normalized spacial score (nSPS) is 23.7. The Balaban J connectivity index is 2.22. The summed E-state index contributed by atoms with van der Waals surface area (Å²) in [7, 11) is 1.76. The molecule has 3 heteroatoms. The maximum absolute atomic E-state index is 5.69. The third-order valence-corrected chi connectivity index (χ3v) is 4.06. The first kappa shape index (κ1) is 11.6. The monoisotopic (exact) mass is 244 g/mol. The predicted molar refractivity (Wildman–Crippen MR) is 74.2 cm³/mol. The van der Waals surface area contributed by atoms with Crippen LogP contribution in [0.25, 0.3) is 10.9 Å². The molecular weight excluding hydrogens is 224 g/mol. The average molecular weight is 244 g/mol. The number of H-pyrrole nitrogens is 1. The van der Waals surface area contributed by atoms with Crippen LogP contribution in [0, 0.1) is 6.92 Å². The number of aromatic amines is 1. The molecule has 1 aliphatic heterocycles. The lowest BCUT2D eigenvalue weighted by Gasteiger charge is -2.27. The summed E-state index contributed by atoms with van der Waals surface area (Å²) in [6.45, 7) is 5.43. The molecule has 0 spiro atoms. The van der Waals surface area contributed by atoms with E-state index in [0.29, 0.717) is 0 Å². The Morgan fingerprint density at radius 2 is 2.17 bits per heavy atom. The number of rotatable bonds is 2. The van der Waals surface area contributed by atoms with Crippen molar-refractivity contribution in [2.24, 2.45) is 0 Å². The molecule has 1 saturated heterocycles. The van der Waals surface area contributed by atoms with Gasteiger partial charge in [0.25, 0.3) is 0 Å². The van der Waals surface area contributed by atoms with E-state index >= 15 is 0 Å². The van der Waals surface area contributed by atoms with Gasteiger partial charge in [-0.05, 0) is 45.4 Å². The smallest absolute Gasteiger partial charge is 0.133 e. The fourth-order valence-electron chi connectivity index (χ4n) is 3.10. The zero-order valence-corrected chi connectivity index (χ0v) is 11.3. The van der Waals surface area contributed by atoms with Crippen LogP contribution in [0.2, 0.25) is 0 Å². The molecule has 1 fully saturated rings. The Hall–Kier alpha value is -1.48. The van der Waals surface area contributed by atoms with Crippen molar-refractivity contribution in [2.75, 3.05) is 13.7 Å². The van der Waals surface area contributed by atoms with Crippen LogP contribution in [-0.2, 0) is 5.54 Å². The van der Waals surface area contributed by atoms with Gasteiger partial charge in [-0.1, -0.05) is 6.07 Å². The van der Waals surface area contributed by atoms with E-state index < -0.39 is 0 Å². The quantitative estimate of drug-likeness (QED) is 0.851. The lowest BCUT2D eigenvalue weighted by Crippen LogP contribution is -2.33. The van der Waals surface area contributed by atoms with Crippen molar-refractivity contribution in [1.29, 1.82) is 0 Å². The zero-order chi connectivity index (χ0) is 12.8. The Morgan fingerprint density at radius 3 is 2.83 bits per heavy atom. The molecule has 2 N–H and O–H groups in total. The molecule has 1 aliphatic rings. The van der Waals surface area contributed by atoms with Gasteiger partial charge in [0.1, 0.15) is 5.75 Å². The van der Waals surface area contributed by atoms with E-state index in [-0.39, 0.29) is 5.54 Å². The first-order valence-electron chi connectivity index (χ1n) is 6.56. The molecule has 1 unspecified atom stereocenters. The van der Waals surface area contributed by atoms with E-state index in [1.165, 1.54) is 23.1 Å². The Morgan fingerprint density at radius 1 is 1.33 bits per heavy atom. The number of fused-ring (bicyclic) bond motifs is 1. The lowest BCUT2D eigenvalue weighted by molar-refractivity contribution is 0.375. The summed E-state index contributed by atoms with van der Waals surface area (Å²) in [5.74, 6) is 1.01. The van der Waals surface area contributed by atoms with Crippen LogP contribution in [0.15, 0.2) is 18.2 Å². The van der Waals surface area contributed by atoms with E-state index in [4.69, 9.17) is 4.74 Å². The molecule has 0 aliphatic carbocycles. The highest BCUT2D eigenvalue weighted by Gasteiger charge is 2.33. The van der Waals surface area contributed by atoms with Crippen LogP contribution in [0.5, 0.6) is 5.75 Å². The molecule has 3 rings (SSSR count). The van der Waals surface area contributed by atoms with Crippen molar-refractivity contribution in [3.8, 4) is 5.75 Å². The molecule has 2 aromatic rings. The van der Waals surface area contributed by atoms with Gasteiger partial charge in [0.2, 0.25) is 0 Å². The molecule has 1 aromatic heterocycles. The summed E-state index contributed by atoms with van der Waals surface area (Å²) in [5.41, 5.74) is 3.64. The minimum atomic E-state index is 0.0463. The topological polar surface area (TPSA) is 37.0 Å². The largest absolute Gasteiger partial charge is 0.496 e. The number of aromatic nitrogens is 1. The lowest BCUT2D eigenvalue weighted by atomic mass is 9.89. The fraction of sp³-hybridized carbons (Fsp3) is 0.467. The summed E-state index contributed by atoms with van der Waals surface area (Å²) in [4.78, 5) is 3.36. The summed E-state index contributed by atoms with van der Waals surface area (Å²) in [5, 5.41) is 4.79. The van der Waals surface area contributed by atoms with Gasteiger partial charge >= 0.3 is 0 Å². The van der Waals surface area contributed by atoms with Crippen LogP contribution < -0.4 is 10.1 Å². The molecule has 2 heterocycles. The van der Waals surface area contributed by atoms with Crippen LogP contribution in [0.4, 0.5) is 0 Å². The van der Waals surface area contributed by atoms with E-state index in [2.05, 4.69) is 42.3 Å². The molecule has 0 saturated carbocycles. The van der Waals surface area contributed by atoms with E-state index in [1.807, 2.05) is 0 Å². The highest BCUT2D eigenvalue weighted by atomic mass is 16.5. The zero-order valence-electron chi connectivity index (χ0n) is 11.3. The van der Waals surface area contributed by atoms with Gasteiger partial charge in [0.15, 0.2) is 0 Å². The second kappa shape index (κ2) is 4.02. The van der Waals surface area contributed by atoms with Crippen LogP contribution in [0.3, 0.4) is 0 Å². The van der Waals surface area contributed by atoms with Crippen molar-refractivity contribution in [2.45, 2.75) is 32.2 Å². The van der Waals surface area contributed by atoms with Crippen molar-refractivity contribution in [1.82, 2.24) is 10.3 Å². The number of benzene rings is 1. The van der Waals surface area contributed by atoms with Gasteiger partial charge in [0.05, 0.1) is 7.11 Å². The average Bonchev–Trinajstić information content (AvgIpc) is 2.93. The molecule has 0 amide bonds. The molecule has 0 bridgehead atoms. The molecule has 0 radical (unpaired) electrons. The number of aryl methyl sites for hydroxylation is 1. The second-order valence-corrected chi connectivity index (χ2v) is 5.42. The van der Waals surface area contributed by atoms with Crippen LogP contribution >= 0.6 is 0 Å². The van der Waals surface area contributed by atoms with E-state index in [1.54, 1.807) is 7.11 Å². The van der Waals surface area contributed by atoms with Crippen molar-refractivity contribution in [3.05, 3.63) is 29.5 Å². The Kier molecular flexibility index (Phi) is 2.59. The number of nitrogens with one attached hydrogen (secondary N) is 2. The summed E-state index contributed by atoms with van der Waals surface area (Å²) >= 11 is 0. The molecule has 18 heavy (non-hydrogen) atoms. The third kappa shape index (κ3) is 1.62. The second-order valence-electron chi connectivity index (χ2n) is 5.42. The highest BCUT2D eigenvalue weighted by Crippen LogP contribution is 2.40. The van der Waals surface area contributed by atoms with Gasteiger partial charge in [-0.3, -0.25) is 0 Å². The SMILES string of the molecule is COc1c(C2(C)CCCN2)ccc2[nH]c(C)cc12. The van der Waals surface area contributed by atoms with Crippen molar-refractivity contribution < 1.29 is 4.74 Å². The Bertz CT molecular complexity index is 579. The standard InChI is InChI=1S/C15H20N2O/c1-10-9-11-13(17-10)6-5-12(14(11)18-3)15(2)7-4-8-16-15/h5-6,9,16-17H,4,7-8H2,1-3H3. The van der Waals surface area contributed by atoms with Gasteiger partial charge in [-0.25, -0.2) is 0 Å². The van der Waals surface area contributed by atoms with Gasteiger partial charge in [0, 0.05) is 27.7 Å². The Labute approximate surface area is 108 Å². The summed E-state index contributed by atoms with van der Waals surface area (Å²) < 4.78 is 5.69. The maximum atomic E-state index is 5.69. The molecule has 1 atom stereocenters. The predicted octanol–water partition coefficient (Wildman–Crippen LogP) is 3.08. The highest BCUT2D eigenvalue weighted by molar-refractivity contribution is 5.88. The first-order chi connectivity index (χ1) is 8.64. The minimum Gasteiger partial charge on any atom is -0.496 e. The molecule has 1 aromatic carbocycles. The maximum Gasteiger partial charge on any atom is 0.133 e. The fourth-order valence-corrected chi connectivity index (χ4v) is 3.10. The van der Waals surface area contributed by atoms with Crippen LogP contribution in [-0.4, -0.2) is 18.6 Å². The first-order valence-corrected chi connectivity index (χ1v) is 6.56.